The van der Waals surface area contributed by atoms with Crippen molar-refractivity contribution < 1.29 is 14.6 Å². The minimum atomic E-state index is -1.01. The van der Waals surface area contributed by atoms with Crippen molar-refractivity contribution in [2.24, 2.45) is 0 Å². The van der Waals surface area contributed by atoms with Crippen LogP contribution in [0, 0.1) is 0 Å². The first kappa shape index (κ1) is 14.7. The Hall–Kier alpha value is -2.24. The fourth-order valence-corrected chi connectivity index (χ4v) is 2.51. The number of nitrogens with zero attached hydrogens (tertiary/aromatic N) is 2. The van der Waals surface area contributed by atoms with Gasteiger partial charge in [0, 0.05) is 25.2 Å². The van der Waals surface area contributed by atoms with Crippen molar-refractivity contribution in [3.63, 3.8) is 0 Å². The molecule has 0 radical (unpaired) electrons. The van der Waals surface area contributed by atoms with Crippen molar-refractivity contribution in [1.82, 2.24) is 9.88 Å². The maximum Gasteiger partial charge on any atom is 0.354 e. The molecule has 1 aliphatic rings. The number of aromatic carboxylic acids is 1. The molecule has 0 amide bonds. The predicted octanol–water partition coefficient (Wildman–Crippen LogP) is 2.28. The molecule has 0 saturated carbocycles. The van der Waals surface area contributed by atoms with Crippen LogP contribution in [0.1, 0.15) is 16.1 Å². The van der Waals surface area contributed by atoms with Gasteiger partial charge < -0.3 is 9.84 Å². The fourth-order valence-electron chi connectivity index (χ4n) is 2.51. The molecule has 114 valence electrons. The molecule has 0 atom stereocenters. The monoisotopic (exact) mass is 298 g/mol. The lowest BCUT2D eigenvalue weighted by Crippen LogP contribution is -2.35. The summed E-state index contributed by atoms with van der Waals surface area (Å²) in [5.41, 5.74) is 2.90. The quantitative estimate of drug-likeness (QED) is 0.938. The van der Waals surface area contributed by atoms with E-state index in [1.807, 2.05) is 18.2 Å². The summed E-state index contributed by atoms with van der Waals surface area (Å²) in [5.74, 6) is -1.01. The van der Waals surface area contributed by atoms with Gasteiger partial charge in [0.05, 0.1) is 18.9 Å². The average Bonchev–Trinajstić information content (AvgIpc) is 2.56. The number of carboxylic acid groups (broad SMARTS) is 1. The van der Waals surface area contributed by atoms with Gasteiger partial charge in [0.25, 0.3) is 0 Å². The topological polar surface area (TPSA) is 62.7 Å². The Bertz CT molecular complexity index is 649. The molecule has 0 unspecified atom stereocenters. The summed E-state index contributed by atoms with van der Waals surface area (Å²) >= 11 is 0. The molecule has 1 aromatic heterocycles. The number of morpholine rings is 1. The van der Waals surface area contributed by atoms with E-state index in [1.54, 1.807) is 6.07 Å². The highest BCUT2D eigenvalue weighted by Crippen LogP contribution is 2.19. The second-order valence-corrected chi connectivity index (χ2v) is 5.30. The molecule has 3 rings (SSSR count). The Balaban J connectivity index is 1.73. The van der Waals surface area contributed by atoms with Gasteiger partial charge in [-0.3, -0.25) is 4.90 Å². The summed E-state index contributed by atoms with van der Waals surface area (Å²) in [6, 6.07) is 13.2. The number of carbonyl (C=O) groups is 1. The van der Waals surface area contributed by atoms with Crippen LogP contribution < -0.4 is 0 Å². The van der Waals surface area contributed by atoms with Crippen molar-refractivity contribution in [3.05, 3.63) is 53.7 Å². The Morgan fingerprint density at radius 2 is 1.86 bits per heavy atom. The van der Waals surface area contributed by atoms with Crippen LogP contribution in [-0.2, 0) is 11.3 Å². The van der Waals surface area contributed by atoms with E-state index in [0.717, 1.165) is 38.4 Å². The summed E-state index contributed by atoms with van der Waals surface area (Å²) < 4.78 is 5.35. The van der Waals surface area contributed by atoms with Gasteiger partial charge in [0.2, 0.25) is 0 Å². The summed E-state index contributed by atoms with van der Waals surface area (Å²) in [5, 5.41) is 9.00. The summed E-state index contributed by atoms with van der Waals surface area (Å²) in [7, 11) is 0. The number of hydrogen-bond acceptors (Lipinski definition) is 4. The highest BCUT2D eigenvalue weighted by atomic mass is 16.5. The lowest BCUT2D eigenvalue weighted by Gasteiger charge is -2.26. The van der Waals surface area contributed by atoms with Gasteiger partial charge in [-0.2, -0.15) is 0 Å². The van der Waals surface area contributed by atoms with E-state index in [4.69, 9.17) is 9.84 Å². The maximum absolute atomic E-state index is 11.0. The van der Waals surface area contributed by atoms with E-state index in [2.05, 4.69) is 22.0 Å². The van der Waals surface area contributed by atoms with Crippen LogP contribution >= 0.6 is 0 Å². The minimum Gasteiger partial charge on any atom is -0.477 e. The molecule has 2 aromatic rings. The van der Waals surface area contributed by atoms with E-state index < -0.39 is 5.97 Å². The summed E-state index contributed by atoms with van der Waals surface area (Å²) in [6.45, 7) is 4.42. The third kappa shape index (κ3) is 3.50. The number of aromatic nitrogens is 1. The molecule has 2 heterocycles. The van der Waals surface area contributed by atoms with Crippen LogP contribution in [0.25, 0.3) is 11.3 Å². The lowest BCUT2D eigenvalue weighted by molar-refractivity contribution is 0.0342. The Labute approximate surface area is 129 Å². The number of hydrogen-bond donors (Lipinski definition) is 1. The zero-order chi connectivity index (χ0) is 15.4. The molecule has 5 heteroatoms. The molecule has 1 saturated heterocycles. The van der Waals surface area contributed by atoms with Gasteiger partial charge >= 0.3 is 5.97 Å². The molecule has 1 N–H and O–H groups in total. The maximum atomic E-state index is 11.0. The molecule has 0 aliphatic carbocycles. The summed E-state index contributed by atoms with van der Waals surface area (Å²) in [4.78, 5) is 17.5. The van der Waals surface area contributed by atoms with Crippen LogP contribution in [0.5, 0.6) is 0 Å². The molecule has 1 fully saturated rings. The third-order valence-corrected chi connectivity index (χ3v) is 3.73. The van der Waals surface area contributed by atoms with E-state index in [-0.39, 0.29) is 5.69 Å². The molecule has 22 heavy (non-hydrogen) atoms. The number of ether oxygens (including phenoxy) is 1. The Morgan fingerprint density at radius 3 is 2.55 bits per heavy atom. The van der Waals surface area contributed by atoms with Gasteiger partial charge in [-0.25, -0.2) is 9.78 Å². The van der Waals surface area contributed by atoms with Crippen molar-refractivity contribution in [2.45, 2.75) is 6.54 Å². The van der Waals surface area contributed by atoms with E-state index in [1.165, 1.54) is 11.6 Å². The molecule has 1 aromatic carbocycles. The van der Waals surface area contributed by atoms with Crippen LogP contribution in [-0.4, -0.2) is 47.3 Å². The highest BCUT2D eigenvalue weighted by Gasteiger charge is 2.11. The normalized spacial score (nSPS) is 15.6. The predicted molar refractivity (Wildman–Crippen MR) is 82.7 cm³/mol. The molecule has 0 spiro atoms. The van der Waals surface area contributed by atoms with Gasteiger partial charge in [-0.05, 0) is 17.7 Å². The number of rotatable bonds is 4. The average molecular weight is 298 g/mol. The number of benzene rings is 1. The van der Waals surface area contributed by atoms with Crippen LogP contribution in [0.3, 0.4) is 0 Å². The number of carboxylic acids is 1. The lowest BCUT2D eigenvalue weighted by atomic mass is 10.1. The third-order valence-electron chi connectivity index (χ3n) is 3.73. The smallest absolute Gasteiger partial charge is 0.354 e. The Kier molecular flexibility index (Phi) is 4.46. The first-order valence-electron chi connectivity index (χ1n) is 7.32. The van der Waals surface area contributed by atoms with Crippen LogP contribution in [0.2, 0.25) is 0 Å². The summed E-state index contributed by atoms with van der Waals surface area (Å²) in [6.07, 6.45) is 0. The van der Waals surface area contributed by atoms with Crippen LogP contribution in [0.15, 0.2) is 42.5 Å². The zero-order valence-corrected chi connectivity index (χ0v) is 12.2. The fraction of sp³-hybridized carbons (Fsp3) is 0.294. The van der Waals surface area contributed by atoms with Gasteiger partial charge in [-0.1, -0.05) is 30.3 Å². The standard InChI is InChI=1S/C17H18N2O3/c20-17(21)16-3-1-2-15(18-16)14-6-4-13(5-7-14)12-19-8-10-22-11-9-19/h1-7H,8-12H2,(H,20,21). The van der Waals surface area contributed by atoms with Crippen LogP contribution in [0.4, 0.5) is 0 Å². The zero-order valence-electron chi connectivity index (χ0n) is 12.2. The van der Waals surface area contributed by atoms with Gasteiger partial charge in [0.15, 0.2) is 0 Å². The van der Waals surface area contributed by atoms with E-state index >= 15 is 0 Å². The van der Waals surface area contributed by atoms with Gasteiger partial charge in [0.1, 0.15) is 5.69 Å². The molecule has 5 nitrogen and oxygen atoms in total. The van der Waals surface area contributed by atoms with Crippen molar-refractivity contribution in [1.29, 1.82) is 0 Å². The largest absolute Gasteiger partial charge is 0.477 e. The highest BCUT2D eigenvalue weighted by molar-refractivity contribution is 5.86. The molecule has 0 bridgehead atoms. The second kappa shape index (κ2) is 6.68. The number of pyridine rings is 1. The SMILES string of the molecule is O=C(O)c1cccc(-c2ccc(CN3CCOCC3)cc2)n1. The second-order valence-electron chi connectivity index (χ2n) is 5.30. The van der Waals surface area contributed by atoms with E-state index in [9.17, 15) is 4.79 Å². The first-order chi connectivity index (χ1) is 10.7. The van der Waals surface area contributed by atoms with Gasteiger partial charge in [-0.15, -0.1) is 0 Å². The van der Waals surface area contributed by atoms with Crippen molar-refractivity contribution >= 4 is 5.97 Å². The van der Waals surface area contributed by atoms with Crippen molar-refractivity contribution in [2.75, 3.05) is 26.3 Å². The molecule has 1 aliphatic heterocycles. The minimum absolute atomic E-state index is 0.0647. The van der Waals surface area contributed by atoms with E-state index in [0.29, 0.717) is 5.69 Å². The Morgan fingerprint density at radius 1 is 1.14 bits per heavy atom. The molecular formula is C17H18N2O3. The first-order valence-corrected chi connectivity index (χ1v) is 7.32. The van der Waals surface area contributed by atoms with Crippen molar-refractivity contribution in [3.8, 4) is 11.3 Å². The molecular weight excluding hydrogens is 280 g/mol.